The Morgan fingerprint density at radius 2 is 1.60 bits per heavy atom. The standard InChI is InChI=1S/C28H34FN3O3/c1-26(2,18-33)31-24(34)28-12-9-27(10-13-28,11-14-28)21-4-7-23(8-5-21)30-25(35)32-16-19-3-6-22(29)15-20(19)17-32/h3-8,15,33H,9-14,16-18H2,1-2H3,(H,30,35)(H,31,34). The first kappa shape index (κ1) is 23.8. The number of fused-ring (bicyclic) bond motifs is 4. The van der Waals surface area contributed by atoms with Gasteiger partial charge in [0.05, 0.1) is 12.1 Å². The number of rotatable bonds is 5. The van der Waals surface area contributed by atoms with Crippen molar-refractivity contribution in [3.63, 3.8) is 0 Å². The van der Waals surface area contributed by atoms with Gasteiger partial charge in [-0.25, -0.2) is 9.18 Å². The lowest BCUT2D eigenvalue weighted by Crippen LogP contribution is -2.56. The number of aliphatic hydroxyl groups is 1. The fraction of sp³-hybridized carbons (Fsp3) is 0.500. The van der Waals surface area contributed by atoms with Crippen molar-refractivity contribution >= 4 is 17.6 Å². The number of urea groups is 1. The van der Waals surface area contributed by atoms with Gasteiger partial charge in [0.2, 0.25) is 5.91 Å². The Bertz CT molecular complexity index is 1120. The summed E-state index contributed by atoms with van der Waals surface area (Å²) in [7, 11) is 0. The van der Waals surface area contributed by atoms with Crippen LogP contribution in [0, 0.1) is 11.2 Å². The molecular weight excluding hydrogens is 445 g/mol. The summed E-state index contributed by atoms with van der Waals surface area (Å²) in [5, 5.41) is 15.6. The van der Waals surface area contributed by atoms with E-state index in [0.717, 1.165) is 55.3 Å². The molecule has 0 saturated heterocycles. The number of hydrogen-bond donors (Lipinski definition) is 3. The Labute approximate surface area is 205 Å². The van der Waals surface area contributed by atoms with Gasteiger partial charge in [0.15, 0.2) is 0 Å². The quantitative estimate of drug-likeness (QED) is 0.573. The van der Waals surface area contributed by atoms with Crippen molar-refractivity contribution in [2.24, 2.45) is 5.41 Å². The van der Waals surface area contributed by atoms with Gasteiger partial charge in [0, 0.05) is 24.2 Å². The Kier molecular flexibility index (Phi) is 5.86. The molecule has 35 heavy (non-hydrogen) atoms. The lowest BCUT2D eigenvalue weighted by Gasteiger charge is -2.53. The number of benzene rings is 2. The molecule has 3 aliphatic carbocycles. The van der Waals surface area contributed by atoms with Gasteiger partial charge in [-0.1, -0.05) is 18.2 Å². The van der Waals surface area contributed by atoms with Crippen LogP contribution in [-0.2, 0) is 23.3 Å². The van der Waals surface area contributed by atoms with E-state index >= 15 is 0 Å². The third-order valence-electron chi connectivity index (χ3n) is 8.50. The van der Waals surface area contributed by atoms with Gasteiger partial charge in [-0.3, -0.25) is 4.79 Å². The monoisotopic (exact) mass is 479 g/mol. The zero-order chi connectivity index (χ0) is 24.8. The van der Waals surface area contributed by atoms with Crippen LogP contribution in [0.1, 0.15) is 69.1 Å². The van der Waals surface area contributed by atoms with E-state index in [2.05, 4.69) is 22.8 Å². The third kappa shape index (κ3) is 4.42. The van der Waals surface area contributed by atoms with E-state index < -0.39 is 5.54 Å². The maximum Gasteiger partial charge on any atom is 0.322 e. The molecule has 1 heterocycles. The average molecular weight is 480 g/mol. The lowest BCUT2D eigenvalue weighted by atomic mass is 9.51. The largest absolute Gasteiger partial charge is 0.394 e. The van der Waals surface area contributed by atoms with E-state index in [4.69, 9.17) is 0 Å². The summed E-state index contributed by atoms with van der Waals surface area (Å²) in [6.07, 6.45) is 5.47. The average Bonchev–Trinajstić information content (AvgIpc) is 3.29. The number of aliphatic hydroxyl groups excluding tert-OH is 1. The molecule has 0 radical (unpaired) electrons. The summed E-state index contributed by atoms with van der Waals surface area (Å²) in [6, 6.07) is 12.6. The molecule has 186 valence electrons. The lowest BCUT2D eigenvalue weighted by molar-refractivity contribution is -0.140. The van der Waals surface area contributed by atoms with Gasteiger partial charge < -0.3 is 20.6 Å². The number of hydrogen-bond acceptors (Lipinski definition) is 3. The van der Waals surface area contributed by atoms with Gasteiger partial charge in [0.1, 0.15) is 5.82 Å². The first-order valence-electron chi connectivity index (χ1n) is 12.5. The molecule has 3 amide bonds. The van der Waals surface area contributed by atoms with Crippen molar-refractivity contribution in [1.82, 2.24) is 10.2 Å². The molecule has 0 unspecified atom stereocenters. The second kappa shape index (κ2) is 8.63. The van der Waals surface area contributed by atoms with Crippen LogP contribution in [-0.4, -0.2) is 34.1 Å². The first-order valence-corrected chi connectivity index (χ1v) is 12.5. The molecule has 3 fully saturated rings. The molecule has 2 bridgehead atoms. The summed E-state index contributed by atoms with van der Waals surface area (Å²) in [4.78, 5) is 27.5. The highest BCUT2D eigenvalue weighted by molar-refractivity contribution is 5.89. The smallest absolute Gasteiger partial charge is 0.322 e. The molecule has 3 saturated carbocycles. The van der Waals surface area contributed by atoms with Gasteiger partial charge in [0.25, 0.3) is 0 Å². The minimum absolute atomic E-state index is 0.0784. The van der Waals surface area contributed by atoms with E-state index in [1.807, 2.05) is 26.0 Å². The highest BCUT2D eigenvalue weighted by Crippen LogP contribution is 2.58. The zero-order valence-electron chi connectivity index (χ0n) is 20.5. The van der Waals surface area contributed by atoms with Gasteiger partial charge in [-0.2, -0.15) is 0 Å². The van der Waals surface area contributed by atoms with Crippen molar-refractivity contribution in [2.45, 2.75) is 76.4 Å². The van der Waals surface area contributed by atoms with Crippen LogP contribution in [0.15, 0.2) is 42.5 Å². The van der Waals surface area contributed by atoms with Crippen LogP contribution >= 0.6 is 0 Å². The second-order valence-corrected chi connectivity index (χ2v) is 11.3. The van der Waals surface area contributed by atoms with Crippen molar-refractivity contribution in [1.29, 1.82) is 0 Å². The fourth-order valence-electron chi connectivity index (χ4n) is 6.06. The van der Waals surface area contributed by atoms with Crippen molar-refractivity contribution in [3.05, 3.63) is 65.0 Å². The van der Waals surface area contributed by atoms with Crippen LogP contribution in [0.5, 0.6) is 0 Å². The Balaban J connectivity index is 1.20. The number of amides is 3. The SMILES string of the molecule is CC(C)(CO)NC(=O)C12CCC(c3ccc(NC(=O)N4Cc5ccc(F)cc5C4)cc3)(CC1)CC2. The normalized spacial score (nSPS) is 25.3. The number of nitrogens with zero attached hydrogens (tertiary/aromatic N) is 1. The minimum Gasteiger partial charge on any atom is -0.394 e. The Morgan fingerprint density at radius 1 is 0.971 bits per heavy atom. The number of halogens is 1. The molecule has 1 aliphatic heterocycles. The van der Waals surface area contributed by atoms with Gasteiger partial charge in [-0.15, -0.1) is 0 Å². The van der Waals surface area contributed by atoms with E-state index in [1.165, 1.54) is 17.7 Å². The van der Waals surface area contributed by atoms with Crippen LogP contribution in [0.3, 0.4) is 0 Å². The van der Waals surface area contributed by atoms with E-state index in [1.54, 1.807) is 11.0 Å². The van der Waals surface area contributed by atoms with Crippen LogP contribution in [0.2, 0.25) is 0 Å². The molecule has 2 aromatic rings. The molecule has 6 rings (SSSR count). The topological polar surface area (TPSA) is 81.7 Å². The summed E-state index contributed by atoms with van der Waals surface area (Å²) < 4.78 is 13.5. The number of anilines is 1. The maximum absolute atomic E-state index is 13.5. The van der Waals surface area contributed by atoms with E-state index in [0.29, 0.717) is 13.1 Å². The highest BCUT2D eigenvalue weighted by atomic mass is 19.1. The van der Waals surface area contributed by atoms with Crippen LogP contribution < -0.4 is 10.6 Å². The Hall–Kier alpha value is -2.93. The molecular formula is C28H34FN3O3. The van der Waals surface area contributed by atoms with E-state index in [9.17, 15) is 19.1 Å². The predicted molar refractivity (Wildman–Crippen MR) is 132 cm³/mol. The second-order valence-electron chi connectivity index (χ2n) is 11.3. The van der Waals surface area contributed by atoms with Crippen molar-refractivity contribution in [3.8, 4) is 0 Å². The van der Waals surface area contributed by atoms with Crippen molar-refractivity contribution in [2.75, 3.05) is 11.9 Å². The third-order valence-corrected chi connectivity index (χ3v) is 8.50. The van der Waals surface area contributed by atoms with Crippen LogP contribution in [0.4, 0.5) is 14.9 Å². The molecule has 6 nitrogen and oxygen atoms in total. The summed E-state index contributed by atoms with van der Waals surface area (Å²) >= 11 is 0. The van der Waals surface area contributed by atoms with Gasteiger partial charge in [-0.05, 0) is 98.7 Å². The predicted octanol–water partition coefficient (Wildman–Crippen LogP) is 4.85. The Morgan fingerprint density at radius 3 is 2.23 bits per heavy atom. The zero-order valence-corrected chi connectivity index (χ0v) is 20.5. The van der Waals surface area contributed by atoms with Crippen molar-refractivity contribution < 1.29 is 19.1 Å². The molecule has 3 N–H and O–H groups in total. The maximum atomic E-state index is 13.5. The minimum atomic E-state index is -0.605. The number of carbonyl (C=O) groups is 2. The van der Waals surface area contributed by atoms with Crippen LogP contribution in [0.25, 0.3) is 0 Å². The summed E-state index contributed by atoms with van der Waals surface area (Å²) in [5.74, 6) is -0.201. The highest BCUT2D eigenvalue weighted by Gasteiger charge is 2.53. The van der Waals surface area contributed by atoms with E-state index in [-0.39, 0.29) is 35.2 Å². The molecule has 2 aromatic carbocycles. The summed E-state index contributed by atoms with van der Waals surface area (Å²) in [5.41, 5.74) is 3.00. The van der Waals surface area contributed by atoms with Gasteiger partial charge >= 0.3 is 6.03 Å². The summed E-state index contributed by atoms with van der Waals surface area (Å²) in [6.45, 7) is 4.50. The first-order chi connectivity index (χ1) is 16.6. The molecule has 0 spiro atoms. The molecule has 0 atom stereocenters. The molecule has 4 aliphatic rings. The number of nitrogens with one attached hydrogen (secondary N) is 2. The molecule has 7 heteroatoms. The number of carbonyl (C=O) groups excluding carboxylic acids is 2. The molecule has 0 aromatic heterocycles. The fourth-order valence-corrected chi connectivity index (χ4v) is 6.06.